The van der Waals surface area contributed by atoms with Crippen LogP contribution in [0.1, 0.15) is 22.7 Å². The zero-order chi connectivity index (χ0) is 20.1. The fourth-order valence-electron chi connectivity index (χ4n) is 3.54. The molecule has 0 radical (unpaired) electrons. The van der Waals surface area contributed by atoms with Crippen LogP contribution in [0.5, 0.6) is 11.5 Å². The highest BCUT2D eigenvalue weighted by Gasteiger charge is 2.26. The van der Waals surface area contributed by atoms with E-state index >= 15 is 0 Å². The Kier molecular flexibility index (Phi) is 5.67. The van der Waals surface area contributed by atoms with Crippen molar-refractivity contribution in [2.24, 2.45) is 5.73 Å². The Balaban J connectivity index is 1.76. The van der Waals surface area contributed by atoms with Gasteiger partial charge in [-0.25, -0.2) is 0 Å². The normalized spacial score (nSPS) is 13.8. The van der Waals surface area contributed by atoms with Gasteiger partial charge in [0.2, 0.25) is 5.91 Å². The molecule has 148 valence electrons. The third kappa shape index (κ3) is 4.52. The van der Waals surface area contributed by atoms with Crippen LogP contribution < -0.4 is 15.2 Å². The van der Waals surface area contributed by atoms with Crippen molar-refractivity contribution >= 4 is 5.91 Å². The molecule has 0 saturated carbocycles. The number of pyridine rings is 2. The van der Waals surface area contributed by atoms with E-state index in [1.54, 1.807) is 18.6 Å². The van der Waals surface area contributed by atoms with E-state index in [0.29, 0.717) is 25.5 Å². The Labute approximate surface area is 169 Å². The molecule has 2 aromatic heterocycles. The Morgan fingerprint density at radius 3 is 2.52 bits per heavy atom. The lowest BCUT2D eigenvalue weighted by molar-refractivity contribution is -0.119. The monoisotopic (exact) mass is 390 g/mol. The van der Waals surface area contributed by atoms with E-state index in [-0.39, 0.29) is 12.6 Å². The molecule has 1 aliphatic rings. The first-order valence-corrected chi connectivity index (χ1v) is 9.41. The summed E-state index contributed by atoms with van der Waals surface area (Å²) in [5.74, 6) is 1.02. The SMILES string of the molecule is NC(=O)CN(Cc1ccncc1)C(c1cccnc1)c1ccc2c(c1)OCCO2. The molecule has 4 rings (SSSR count). The zero-order valence-corrected chi connectivity index (χ0v) is 15.9. The Hall–Kier alpha value is -3.45. The summed E-state index contributed by atoms with van der Waals surface area (Å²) in [5, 5.41) is 0. The van der Waals surface area contributed by atoms with Crippen LogP contribution in [-0.2, 0) is 11.3 Å². The first-order chi connectivity index (χ1) is 14.2. The van der Waals surface area contributed by atoms with E-state index in [2.05, 4.69) is 9.97 Å². The quantitative estimate of drug-likeness (QED) is 0.666. The minimum Gasteiger partial charge on any atom is -0.486 e. The van der Waals surface area contributed by atoms with Gasteiger partial charge in [0.05, 0.1) is 12.6 Å². The number of carbonyl (C=O) groups is 1. The van der Waals surface area contributed by atoms with Crippen LogP contribution in [-0.4, -0.2) is 40.5 Å². The number of benzene rings is 1. The molecule has 0 saturated heterocycles. The zero-order valence-electron chi connectivity index (χ0n) is 15.9. The summed E-state index contributed by atoms with van der Waals surface area (Å²) in [6.45, 7) is 1.67. The van der Waals surface area contributed by atoms with Gasteiger partial charge in [0.25, 0.3) is 0 Å². The summed E-state index contributed by atoms with van der Waals surface area (Å²) in [5.41, 5.74) is 8.56. The average molecular weight is 390 g/mol. The molecule has 0 aliphatic carbocycles. The van der Waals surface area contributed by atoms with Gasteiger partial charge >= 0.3 is 0 Å². The van der Waals surface area contributed by atoms with Gasteiger partial charge in [-0.1, -0.05) is 12.1 Å². The topological polar surface area (TPSA) is 90.6 Å². The Morgan fingerprint density at radius 2 is 1.79 bits per heavy atom. The third-order valence-electron chi connectivity index (χ3n) is 4.74. The van der Waals surface area contributed by atoms with E-state index in [9.17, 15) is 4.79 Å². The van der Waals surface area contributed by atoms with Crippen molar-refractivity contribution in [1.82, 2.24) is 14.9 Å². The van der Waals surface area contributed by atoms with Gasteiger partial charge in [0, 0.05) is 31.3 Å². The molecule has 1 atom stereocenters. The predicted molar refractivity (Wildman–Crippen MR) is 107 cm³/mol. The maximum Gasteiger partial charge on any atom is 0.231 e. The minimum absolute atomic E-state index is 0.0936. The number of rotatable bonds is 7. The van der Waals surface area contributed by atoms with Gasteiger partial charge in [-0.15, -0.1) is 0 Å². The second-order valence-electron chi connectivity index (χ2n) is 6.82. The van der Waals surface area contributed by atoms with Crippen molar-refractivity contribution in [3.05, 3.63) is 83.9 Å². The number of fused-ring (bicyclic) bond motifs is 1. The van der Waals surface area contributed by atoms with Crippen molar-refractivity contribution in [3.63, 3.8) is 0 Å². The molecule has 7 nitrogen and oxygen atoms in total. The van der Waals surface area contributed by atoms with Gasteiger partial charge in [-0.3, -0.25) is 19.7 Å². The van der Waals surface area contributed by atoms with Crippen LogP contribution in [0.25, 0.3) is 0 Å². The smallest absolute Gasteiger partial charge is 0.231 e. The number of hydrogen-bond donors (Lipinski definition) is 1. The summed E-state index contributed by atoms with van der Waals surface area (Å²) in [6, 6.07) is 13.4. The molecule has 29 heavy (non-hydrogen) atoms. The van der Waals surface area contributed by atoms with Crippen LogP contribution in [0.4, 0.5) is 0 Å². The molecule has 2 N–H and O–H groups in total. The molecule has 3 heterocycles. The highest BCUT2D eigenvalue weighted by Crippen LogP contribution is 2.37. The molecule has 1 amide bonds. The summed E-state index contributed by atoms with van der Waals surface area (Å²) < 4.78 is 11.4. The summed E-state index contributed by atoms with van der Waals surface area (Å²) in [4.78, 5) is 22.3. The summed E-state index contributed by atoms with van der Waals surface area (Å²) in [7, 11) is 0. The number of primary amides is 1. The Morgan fingerprint density at radius 1 is 1.00 bits per heavy atom. The molecule has 1 aromatic carbocycles. The van der Waals surface area contributed by atoms with E-state index in [1.165, 1.54) is 0 Å². The number of carbonyl (C=O) groups excluding carboxylic acids is 1. The second kappa shape index (κ2) is 8.70. The van der Waals surface area contributed by atoms with Gasteiger partial charge in [0.15, 0.2) is 11.5 Å². The predicted octanol–water partition coefficient (Wildman–Crippen LogP) is 2.32. The number of amides is 1. The first-order valence-electron chi connectivity index (χ1n) is 9.41. The van der Waals surface area contributed by atoms with Gasteiger partial charge in [0.1, 0.15) is 13.2 Å². The molecule has 0 fully saturated rings. The Bertz CT molecular complexity index is 966. The highest BCUT2D eigenvalue weighted by molar-refractivity contribution is 5.76. The number of nitrogens with zero attached hydrogens (tertiary/aromatic N) is 3. The third-order valence-corrected chi connectivity index (χ3v) is 4.74. The minimum atomic E-state index is -0.398. The average Bonchev–Trinajstić information content (AvgIpc) is 2.75. The maximum absolute atomic E-state index is 11.9. The molecule has 0 spiro atoms. The van der Waals surface area contributed by atoms with E-state index in [4.69, 9.17) is 15.2 Å². The number of nitrogens with two attached hydrogens (primary N) is 1. The number of hydrogen-bond acceptors (Lipinski definition) is 6. The fraction of sp³-hybridized carbons (Fsp3) is 0.227. The maximum atomic E-state index is 11.9. The van der Waals surface area contributed by atoms with E-state index < -0.39 is 5.91 Å². The molecular weight excluding hydrogens is 368 g/mol. The van der Waals surface area contributed by atoms with Crippen LogP contribution in [0.3, 0.4) is 0 Å². The van der Waals surface area contributed by atoms with Gasteiger partial charge in [-0.05, 0) is 47.0 Å². The molecule has 0 bridgehead atoms. The van der Waals surface area contributed by atoms with Crippen LogP contribution in [0.15, 0.2) is 67.3 Å². The standard InChI is InChI=1S/C22H22N4O3/c23-21(27)15-26(14-16-5-8-24-9-6-16)22(18-2-1-7-25-13-18)17-3-4-19-20(12-17)29-11-10-28-19/h1-9,12-13,22H,10-11,14-15H2,(H2,23,27). The highest BCUT2D eigenvalue weighted by atomic mass is 16.6. The van der Waals surface area contributed by atoms with Crippen LogP contribution >= 0.6 is 0 Å². The van der Waals surface area contributed by atoms with Gasteiger partial charge in [-0.2, -0.15) is 0 Å². The first kappa shape index (κ1) is 18.9. The van der Waals surface area contributed by atoms with Crippen molar-refractivity contribution in [2.45, 2.75) is 12.6 Å². The van der Waals surface area contributed by atoms with E-state index in [0.717, 1.165) is 22.4 Å². The summed E-state index contributed by atoms with van der Waals surface area (Å²) >= 11 is 0. The number of aromatic nitrogens is 2. The molecule has 1 aliphatic heterocycles. The van der Waals surface area contributed by atoms with Gasteiger partial charge < -0.3 is 15.2 Å². The van der Waals surface area contributed by atoms with Crippen LogP contribution in [0.2, 0.25) is 0 Å². The lowest BCUT2D eigenvalue weighted by Gasteiger charge is -2.32. The molecular formula is C22H22N4O3. The van der Waals surface area contributed by atoms with Crippen molar-refractivity contribution in [2.75, 3.05) is 19.8 Å². The lowest BCUT2D eigenvalue weighted by Crippen LogP contribution is -2.37. The van der Waals surface area contributed by atoms with Crippen LogP contribution in [0, 0.1) is 0 Å². The lowest BCUT2D eigenvalue weighted by atomic mass is 9.97. The largest absolute Gasteiger partial charge is 0.486 e. The van der Waals surface area contributed by atoms with Crippen molar-refractivity contribution in [1.29, 1.82) is 0 Å². The second-order valence-corrected chi connectivity index (χ2v) is 6.82. The summed E-state index contributed by atoms with van der Waals surface area (Å²) in [6.07, 6.45) is 7.01. The van der Waals surface area contributed by atoms with E-state index in [1.807, 2.05) is 53.6 Å². The molecule has 1 unspecified atom stereocenters. The molecule has 7 heteroatoms. The fourth-order valence-corrected chi connectivity index (χ4v) is 3.54. The van der Waals surface area contributed by atoms with Crippen molar-refractivity contribution in [3.8, 4) is 11.5 Å². The molecule has 3 aromatic rings. The van der Waals surface area contributed by atoms with Crippen molar-refractivity contribution < 1.29 is 14.3 Å². The number of ether oxygens (including phenoxy) is 2.